The zero-order valence-electron chi connectivity index (χ0n) is 11.4. The highest BCUT2D eigenvalue weighted by atomic mass is 19.1. The molecule has 2 rings (SSSR count). The van der Waals surface area contributed by atoms with E-state index in [9.17, 15) is 9.18 Å². The minimum absolute atomic E-state index is 0.153. The van der Waals surface area contributed by atoms with Crippen LogP contribution in [0.25, 0.3) is 0 Å². The second-order valence-electron chi connectivity index (χ2n) is 4.08. The molecule has 0 saturated carbocycles. The van der Waals surface area contributed by atoms with Crippen molar-refractivity contribution >= 4 is 17.4 Å². The van der Waals surface area contributed by atoms with Crippen molar-refractivity contribution in [3.63, 3.8) is 0 Å². The van der Waals surface area contributed by atoms with Gasteiger partial charge in [0.05, 0.1) is 12.2 Å². The Morgan fingerprint density at radius 1 is 1.43 bits per heavy atom. The van der Waals surface area contributed by atoms with Crippen molar-refractivity contribution in [1.29, 1.82) is 0 Å². The smallest absolute Gasteiger partial charge is 0.258 e. The lowest BCUT2D eigenvalue weighted by atomic mass is 10.2. The first-order chi connectivity index (χ1) is 10.2. The van der Waals surface area contributed by atoms with Gasteiger partial charge in [-0.1, -0.05) is 6.07 Å². The lowest BCUT2D eigenvalue weighted by molar-refractivity contribution is 0.102. The second kappa shape index (κ2) is 6.67. The number of nitrogens with one attached hydrogen (secondary N) is 2. The van der Waals surface area contributed by atoms with E-state index in [4.69, 9.17) is 10.6 Å². The molecule has 0 aliphatic carbocycles. The van der Waals surface area contributed by atoms with E-state index in [0.29, 0.717) is 18.0 Å². The number of halogens is 1. The van der Waals surface area contributed by atoms with E-state index in [1.807, 2.05) is 6.92 Å². The molecular formula is C14H15FN4O2. The number of amides is 1. The molecule has 0 saturated heterocycles. The first-order valence-electron chi connectivity index (χ1n) is 6.31. The van der Waals surface area contributed by atoms with Gasteiger partial charge in [0, 0.05) is 18.0 Å². The van der Waals surface area contributed by atoms with Gasteiger partial charge < -0.3 is 15.5 Å². The molecule has 0 atom stereocenters. The number of pyridine rings is 1. The van der Waals surface area contributed by atoms with Crippen LogP contribution in [0.5, 0.6) is 5.75 Å². The van der Waals surface area contributed by atoms with Gasteiger partial charge in [-0.15, -0.1) is 0 Å². The number of carbonyl (C=O) groups is 1. The topological polar surface area (TPSA) is 89.3 Å². The molecule has 6 nitrogen and oxygen atoms in total. The molecule has 21 heavy (non-hydrogen) atoms. The lowest BCUT2D eigenvalue weighted by Gasteiger charge is -2.09. The molecule has 0 aliphatic rings. The third kappa shape index (κ3) is 3.46. The van der Waals surface area contributed by atoms with Gasteiger partial charge in [0.2, 0.25) is 0 Å². The molecule has 0 radical (unpaired) electrons. The summed E-state index contributed by atoms with van der Waals surface area (Å²) in [5, 5.41) is 2.59. The fraction of sp³-hybridized carbons (Fsp3) is 0.143. The van der Waals surface area contributed by atoms with Crippen molar-refractivity contribution in [2.75, 3.05) is 17.3 Å². The Morgan fingerprint density at radius 3 is 2.95 bits per heavy atom. The van der Waals surface area contributed by atoms with Crippen molar-refractivity contribution in [3.05, 3.63) is 47.9 Å². The normalized spacial score (nSPS) is 10.0. The Kier molecular flexibility index (Phi) is 4.68. The van der Waals surface area contributed by atoms with Crippen molar-refractivity contribution in [2.24, 2.45) is 5.84 Å². The Labute approximate surface area is 121 Å². The SMILES string of the molecule is CCOc1cccc(NC(=O)c2ccnc(NN)c2F)c1. The number of rotatable bonds is 5. The molecule has 0 unspecified atom stereocenters. The summed E-state index contributed by atoms with van der Waals surface area (Å²) in [4.78, 5) is 15.8. The van der Waals surface area contributed by atoms with Gasteiger partial charge in [0.1, 0.15) is 5.75 Å². The van der Waals surface area contributed by atoms with E-state index in [2.05, 4.69) is 15.7 Å². The molecule has 0 spiro atoms. The highest BCUT2D eigenvalue weighted by Gasteiger charge is 2.15. The summed E-state index contributed by atoms with van der Waals surface area (Å²) in [6.45, 7) is 2.38. The summed E-state index contributed by atoms with van der Waals surface area (Å²) in [7, 11) is 0. The van der Waals surface area contributed by atoms with E-state index < -0.39 is 11.7 Å². The number of nitrogens with two attached hydrogens (primary N) is 1. The predicted molar refractivity (Wildman–Crippen MR) is 77.6 cm³/mol. The molecule has 0 aliphatic heterocycles. The monoisotopic (exact) mass is 290 g/mol. The molecule has 1 aromatic heterocycles. The third-order valence-electron chi connectivity index (χ3n) is 2.67. The predicted octanol–water partition coefficient (Wildman–Crippen LogP) is 2.16. The number of carbonyl (C=O) groups excluding carboxylic acids is 1. The number of hydrazine groups is 1. The van der Waals surface area contributed by atoms with Crippen LogP contribution in [0.1, 0.15) is 17.3 Å². The Balaban J connectivity index is 2.20. The van der Waals surface area contributed by atoms with Crippen molar-refractivity contribution in [2.45, 2.75) is 6.92 Å². The van der Waals surface area contributed by atoms with E-state index >= 15 is 0 Å². The van der Waals surface area contributed by atoms with E-state index in [-0.39, 0.29) is 11.4 Å². The van der Waals surface area contributed by atoms with Crippen molar-refractivity contribution < 1.29 is 13.9 Å². The maximum Gasteiger partial charge on any atom is 0.258 e. The van der Waals surface area contributed by atoms with Gasteiger partial charge in [0.25, 0.3) is 5.91 Å². The number of hydrogen-bond donors (Lipinski definition) is 3. The molecular weight excluding hydrogens is 275 g/mol. The van der Waals surface area contributed by atoms with E-state index in [0.717, 1.165) is 0 Å². The van der Waals surface area contributed by atoms with Gasteiger partial charge in [-0.3, -0.25) is 4.79 Å². The third-order valence-corrected chi connectivity index (χ3v) is 2.67. The maximum absolute atomic E-state index is 13.9. The number of hydrogen-bond acceptors (Lipinski definition) is 5. The molecule has 7 heteroatoms. The number of benzene rings is 1. The zero-order valence-corrected chi connectivity index (χ0v) is 11.4. The first-order valence-corrected chi connectivity index (χ1v) is 6.31. The maximum atomic E-state index is 13.9. The van der Waals surface area contributed by atoms with Crippen LogP contribution in [0.15, 0.2) is 36.5 Å². The largest absolute Gasteiger partial charge is 0.494 e. The molecule has 0 fully saturated rings. The van der Waals surface area contributed by atoms with Crippen LogP contribution >= 0.6 is 0 Å². The highest BCUT2D eigenvalue weighted by molar-refractivity contribution is 6.04. The fourth-order valence-electron chi connectivity index (χ4n) is 1.75. The number of nitrogen functional groups attached to an aromatic ring is 1. The van der Waals surface area contributed by atoms with Gasteiger partial charge in [-0.05, 0) is 25.1 Å². The van der Waals surface area contributed by atoms with Gasteiger partial charge >= 0.3 is 0 Å². The molecule has 1 aromatic carbocycles. The van der Waals surface area contributed by atoms with Gasteiger partial charge in [-0.25, -0.2) is 15.2 Å². The molecule has 4 N–H and O–H groups in total. The lowest BCUT2D eigenvalue weighted by Crippen LogP contribution is -2.17. The minimum Gasteiger partial charge on any atom is -0.494 e. The van der Waals surface area contributed by atoms with Crippen LogP contribution in [-0.2, 0) is 0 Å². The average Bonchev–Trinajstić information content (AvgIpc) is 2.48. The number of ether oxygens (including phenoxy) is 1. The summed E-state index contributed by atoms with van der Waals surface area (Å²) in [6, 6.07) is 8.11. The van der Waals surface area contributed by atoms with Crippen LogP contribution in [0, 0.1) is 5.82 Å². The molecule has 1 heterocycles. The van der Waals surface area contributed by atoms with Crippen LogP contribution in [0.3, 0.4) is 0 Å². The summed E-state index contributed by atoms with van der Waals surface area (Å²) >= 11 is 0. The summed E-state index contributed by atoms with van der Waals surface area (Å²) in [6.07, 6.45) is 1.30. The van der Waals surface area contributed by atoms with Crippen LogP contribution in [0.2, 0.25) is 0 Å². The first kappa shape index (κ1) is 14.7. The molecule has 110 valence electrons. The summed E-state index contributed by atoms with van der Waals surface area (Å²) in [5.74, 6) is 4.15. The van der Waals surface area contributed by atoms with Crippen LogP contribution in [-0.4, -0.2) is 17.5 Å². The summed E-state index contributed by atoms with van der Waals surface area (Å²) in [5.41, 5.74) is 2.45. The molecule has 1 amide bonds. The van der Waals surface area contributed by atoms with Gasteiger partial charge in [0.15, 0.2) is 11.6 Å². The Hall–Kier alpha value is -2.67. The molecule has 0 bridgehead atoms. The Morgan fingerprint density at radius 2 is 2.24 bits per heavy atom. The van der Waals surface area contributed by atoms with Crippen molar-refractivity contribution in [1.82, 2.24) is 4.98 Å². The van der Waals surface area contributed by atoms with E-state index in [1.165, 1.54) is 12.3 Å². The summed E-state index contributed by atoms with van der Waals surface area (Å²) < 4.78 is 19.3. The number of nitrogens with zero attached hydrogens (tertiary/aromatic N) is 1. The van der Waals surface area contributed by atoms with Crippen LogP contribution in [0.4, 0.5) is 15.9 Å². The Bertz CT molecular complexity index is 649. The molecule has 2 aromatic rings. The standard InChI is InChI=1S/C14H15FN4O2/c1-2-21-10-5-3-4-9(8-10)18-14(20)11-6-7-17-13(19-16)12(11)15/h3-8H,2,16H2,1H3,(H,17,19)(H,18,20). The second-order valence-corrected chi connectivity index (χ2v) is 4.08. The zero-order chi connectivity index (χ0) is 15.2. The van der Waals surface area contributed by atoms with Crippen LogP contribution < -0.4 is 21.3 Å². The minimum atomic E-state index is -0.807. The highest BCUT2D eigenvalue weighted by Crippen LogP contribution is 2.20. The number of anilines is 2. The number of aromatic nitrogens is 1. The van der Waals surface area contributed by atoms with E-state index in [1.54, 1.807) is 24.3 Å². The fourth-order valence-corrected chi connectivity index (χ4v) is 1.75. The average molecular weight is 290 g/mol. The quantitative estimate of drug-likeness (QED) is 0.580. The van der Waals surface area contributed by atoms with Crippen molar-refractivity contribution in [3.8, 4) is 5.75 Å². The van der Waals surface area contributed by atoms with Gasteiger partial charge in [-0.2, -0.15) is 0 Å².